The Kier molecular flexibility index (Phi) is 7.27. The van der Waals surface area contributed by atoms with E-state index < -0.39 is 23.3 Å². The molecular weight excluding hydrogens is 406 g/mol. The summed E-state index contributed by atoms with van der Waals surface area (Å²) in [7, 11) is 0. The molecule has 2 N–H and O–H groups in total. The second kappa shape index (κ2) is 9.26. The van der Waals surface area contributed by atoms with Crippen LogP contribution in [0.4, 0.5) is 15.8 Å². The van der Waals surface area contributed by atoms with Gasteiger partial charge in [0.25, 0.3) is 0 Å². The molecule has 0 unspecified atom stereocenters. The number of amides is 1. The van der Waals surface area contributed by atoms with Gasteiger partial charge in [0.2, 0.25) is 5.91 Å². The normalized spacial score (nSPS) is 11.1. The fourth-order valence-corrected chi connectivity index (χ4v) is 2.89. The summed E-state index contributed by atoms with van der Waals surface area (Å²) in [6.07, 6.45) is -0.222. The van der Waals surface area contributed by atoms with Crippen molar-refractivity contribution in [3.05, 3.63) is 57.8 Å². The highest BCUT2D eigenvalue weighted by atomic mass is 35.5. The lowest BCUT2D eigenvalue weighted by molar-refractivity contribution is -0.154. The zero-order valence-corrected chi connectivity index (χ0v) is 17.2. The molecule has 0 fully saturated rings. The van der Waals surface area contributed by atoms with Crippen LogP contribution in [-0.2, 0) is 20.7 Å². The second-order valence-corrected chi connectivity index (χ2v) is 8.00. The maximum absolute atomic E-state index is 14.1. The van der Waals surface area contributed by atoms with Gasteiger partial charge in [-0.05, 0) is 62.7 Å². The molecule has 0 aliphatic rings. The summed E-state index contributed by atoms with van der Waals surface area (Å²) in [6, 6.07) is 9.24. The van der Waals surface area contributed by atoms with Gasteiger partial charge < -0.3 is 15.4 Å². The zero-order valence-electron chi connectivity index (χ0n) is 15.7. The summed E-state index contributed by atoms with van der Waals surface area (Å²) in [5, 5.41) is 6.40. The lowest BCUT2D eigenvalue weighted by Gasteiger charge is -2.19. The van der Waals surface area contributed by atoms with Crippen LogP contribution < -0.4 is 10.6 Å². The van der Waals surface area contributed by atoms with Gasteiger partial charge in [0, 0.05) is 21.4 Å². The Labute approximate surface area is 173 Å². The number of benzene rings is 2. The summed E-state index contributed by atoms with van der Waals surface area (Å²) in [5.74, 6) is -1.58. The van der Waals surface area contributed by atoms with Crippen molar-refractivity contribution in [2.75, 3.05) is 11.9 Å². The molecule has 2 rings (SSSR count). The van der Waals surface area contributed by atoms with Crippen LogP contribution in [0.1, 0.15) is 26.3 Å². The van der Waals surface area contributed by atoms with Gasteiger partial charge in [0.15, 0.2) is 0 Å². The van der Waals surface area contributed by atoms with E-state index >= 15 is 0 Å². The number of esters is 1. The first-order chi connectivity index (χ1) is 13.0. The number of hydrogen-bond donors (Lipinski definition) is 2. The van der Waals surface area contributed by atoms with E-state index in [9.17, 15) is 14.0 Å². The molecule has 0 saturated carbocycles. The lowest BCUT2D eigenvalue weighted by Crippen LogP contribution is -2.35. The smallest absolute Gasteiger partial charge is 0.325 e. The van der Waals surface area contributed by atoms with E-state index in [1.165, 1.54) is 18.2 Å². The quantitative estimate of drug-likeness (QED) is 0.646. The van der Waals surface area contributed by atoms with Crippen molar-refractivity contribution in [3.63, 3.8) is 0 Å². The third-order valence-corrected chi connectivity index (χ3v) is 3.83. The molecule has 0 saturated heterocycles. The van der Waals surface area contributed by atoms with Crippen molar-refractivity contribution in [3.8, 4) is 0 Å². The van der Waals surface area contributed by atoms with E-state index in [-0.39, 0.29) is 18.5 Å². The largest absolute Gasteiger partial charge is 0.459 e. The topological polar surface area (TPSA) is 67.4 Å². The van der Waals surface area contributed by atoms with Gasteiger partial charge in [-0.15, -0.1) is 0 Å². The first-order valence-corrected chi connectivity index (χ1v) is 9.27. The average molecular weight is 427 g/mol. The molecule has 0 aromatic heterocycles. The van der Waals surface area contributed by atoms with Crippen LogP contribution >= 0.6 is 23.2 Å². The zero-order chi connectivity index (χ0) is 20.9. The summed E-state index contributed by atoms with van der Waals surface area (Å²) in [5.41, 5.74) is 0.732. The molecule has 0 aliphatic heterocycles. The summed E-state index contributed by atoms with van der Waals surface area (Å²) >= 11 is 11.9. The maximum atomic E-state index is 14.1. The average Bonchev–Trinajstić information content (AvgIpc) is 2.53. The Morgan fingerprint density at radius 1 is 1.04 bits per heavy atom. The van der Waals surface area contributed by atoms with Gasteiger partial charge >= 0.3 is 5.97 Å². The highest BCUT2D eigenvalue weighted by molar-refractivity contribution is 6.35. The number of carbonyl (C=O) groups excluding carboxylic acids is 2. The van der Waals surface area contributed by atoms with Crippen molar-refractivity contribution < 1.29 is 18.7 Å². The molecule has 0 radical (unpaired) electrons. The fraction of sp³-hybridized carbons (Fsp3) is 0.300. The van der Waals surface area contributed by atoms with E-state index in [1.54, 1.807) is 39.0 Å². The van der Waals surface area contributed by atoms with Gasteiger partial charge in [-0.25, -0.2) is 4.39 Å². The van der Waals surface area contributed by atoms with Crippen LogP contribution in [0.15, 0.2) is 36.4 Å². The standard InChI is InChI=1S/C20H21Cl2FN2O3/c1-20(2,3)28-19(27)11-24-18(26)7-12-6-15(4-5-17(12)23)25-16-9-13(21)8-14(22)10-16/h4-6,8-10,25H,7,11H2,1-3H3,(H,24,26). The van der Waals surface area contributed by atoms with Crippen LogP contribution in [0.2, 0.25) is 10.0 Å². The van der Waals surface area contributed by atoms with Crippen molar-refractivity contribution >= 4 is 46.5 Å². The Morgan fingerprint density at radius 2 is 1.68 bits per heavy atom. The van der Waals surface area contributed by atoms with E-state index in [0.29, 0.717) is 21.4 Å². The molecule has 0 aliphatic carbocycles. The minimum absolute atomic E-state index is 0.180. The molecule has 0 spiro atoms. The third-order valence-electron chi connectivity index (χ3n) is 3.40. The number of rotatable bonds is 6. The molecule has 5 nitrogen and oxygen atoms in total. The molecule has 1 amide bonds. The number of carbonyl (C=O) groups is 2. The third kappa shape index (κ3) is 7.37. The van der Waals surface area contributed by atoms with Gasteiger partial charge in [-0.2, -0.15) is 0 Å². The number of ether oxygens (including phenoxy) is 1. The van der Waals surface area contributed by atoms with Gasteiger partial charge in [0.05, 0.1) is 6.42 Å². The lowest BCUT2D eigenvalue weighted by atomic mass is 10.1. The van der Waals surface area contributed by atoms with E-state index in [4.69, 9.17) is 27.9 Å². The Hall–Kier alpha value is -2.31. The fourth-order valence-electron chi connectivity index (χ4n) is 2.36. The molecule has 0 heterocycles. The first kappa shape index (κ1) is 22.0. The highest BCUT2D eigenvalue weighted by Crippen LogP contribution is 2.26. The monoisotopic (exact) mass is 426 g/mol. The molecule has 2 aromatic carbocycles. The molecule has 2 aromatic rings. The number of hydrogen-bond acceptors (Lipinski definition) is 4. The first-order valence-electron chi connectivity index (χ1n) is 8.52. The van der Waals surface area contributed by atoms with E-state index in [2.05, 4.69) is 10.6 Å². The minimum Gasteiger partial charge on any atom is -0.459 e. The van der Waals surface area contributed by atoms with Crippen molar-refractivity contribution in [2.24, 2.45) is 0 Å². The maximum Gasteiger partial charge on any atom is 0.325 e. The summed E-state index contributed by atoms with van der Waals surface area (Å²) in [6.45, 7) is 4.91. The summed E-state index contributed by atoms with van der Waals surface area (Å²) in [4.78, 5) is 23.7. The number of halogens is 3. The van der Waals surface area contributed by atoms with Crippen molar-refractivity contribution in [2.45, 2.75) is 32.8 Å². The van der Waals surface area contributed by atoms with Gasteiger partial charge in [-0.1, -0.05) is 23.2 Å². The predicted molar refractivity (Wildman–Crippen MR) is 109 cm³/mol. The minimum atomic E-state index is -0.642. The molecule has 0 atom stereocenters. The SMILES string of the molecule is CC(C)(C)OC(=O)CNC(=O)Cc1cc(Nc2cc(Cl)cc(Cl)c2)ccc1F. The second-order valence-electron chi connectivity index (χ2n) is 7.13. The molecule has 8 heteroatoms. The van der Waals surface area contributed by atoms with Gasteiger partial charge in [-0.3, -0.25) is 9.59 Å². The number of nitrogens with one attached hydrogen (secondary N) is 2. The van der Waals surface area contributed by atoms with Crippen LogP contribution in [-0.4, -0.2) is 24.0 Å². The van der Waals surface area contributed by atoms with E-state index in [0.717, 1.165) is 0 Å². The van der Waals surface area contributed by atoms with E-state index in [1.807, 2.05) is 0 Å². The van der Waals surface area contributed by atoms with Crippen molar-refractivity contribution in [1.29, 1.82) is 0 Å². The Bertz CT molecular complexity index is 862. The Morgan fingerprint density at radius 3 is 2.29 bits per heavy atom. The van der Waals surface area contributed by atoms with Crippen LogP contribution in [0.3, 0.4) is 0 Å². The number of anilines is 2. The Balaban J connectivity index is 2.00. The van der Waals surface area contributed by atoms with Crippen LogP contribution in [0.5, 0.6) is 0 Å². The molecule has 0 bridgehead atoms. The van der Waals surface area contributed by atoms with Crippen LogP contribution in [0, 0.1) is 5.82 Å². The summed E-state index contributed by atoms with van der Waals surface area (Å²) < 4.78 is 19.2. The van der Waals surface area contributed by atoms with Crippen LogP contribution in [0.25, 0.3) is 0 Å². The van der Waals surface area contributed by atoms with Gasteiger partial charge in [0.1, 0.15) is 18.0 Å². The predicted octanol–water partition coefficient (Wildman–Crippen LogP) is 4.88. The molecule has 150 valence electrons. The molecular formula is C20H21Cl2FN2O3. The highest BCUT2D eigenvalue weighted by Gasteiger charge is 2.17. The van der Waals surface area contributed by atoms with Crippen molar-refractivity contribution in [1.82, 2.24) is 5.32 Å². The molecule has 28 heavy (non-hydrogen) atoms.